The third-order valence-electron chi connectivity index (χ3n) is 3.95. The molecule has 1 rings (SSSR count). The number of nitrogens with one attached hydrogen (secondary N) is 2. The monoisotopic (exact) mass is 401 g/mol. The van der Waals surface area contributed by atoms with E-state index in [1.165, 1.54) is 25.1 Å². The van der Waals surface area contributed by atoms with Crippen LogP contribution in [0.3, 0.4) is 0 Å². The third kappa shape index (κ3) is 8.13. The quantitative estimate of drug-likeness (QED) is 0.626. The number of amides is 3. The molecule has 0 saturated carbocycles. The molecule has 1 aromatic rings. The molecule has 1 aromatic carbocycles. The van der Waals surface area contributed by atoms with E-state index in [9.17, 15) is 19.1 Å². The van der Waals surface area contributed by atoms with Crippen molar-refractivity contribution in [3.63, 3.8) is 0 Å². The van der Waals surface area contributed by atoms with Gasteiger partial charge in [-0.15, -0.1) is 0 Å². The summed E-state index contributed by atoms with van der Waals surface area (Å²) in [5.41, 5.74) is -0.424. The smallest absolute Gasteiger partial charge is 0.318 e. The summed E-state index contributed by atoms with van der Waals surface area (Å²) < 4.78 is 13.2. The molecule has 1 atom stereocenters. The number of nitrogens with zero attached hydrogens (tertiary/aromatic N) is 1. The minimum atomic E-state index is -1.02. The molecule has 6 nitrogen and oxygen atoms in total. The molecule has 152 valence electrons. The molecule has 0 saturated heterocycles. The van der Waals surface area contributed by atoms with Crippen molar-refractivity contribution in [2.75, 3.05) is 6.54 Å². The topological polar surface area (TPSA) is 81.7 Å². The van der Waals surface area contributed by atoms with Crippen LogP contribution < -0.4 is 10.6 Å². The van der Waals surface area contributed by atoms with E-state index >= 15 is 0 Å². The van der Waals surface area contributed by atoms with E-state index < -0.39 is 17.5 Å². The zero-order valence-corrected chi connectivity index (χ0v) is 17.2. The average Bonchev–Trinajstić information content (AvgIpc) is 2.50. The number of rotatable bonds is 8. The minimum Gasteiger partial charge on any atom is -0.390 e. The lowest BCUT2D eigenvalue weighted by atomic mass is 9.97. The van der Waals surface area contributed by atoms with E-state index in [4.69, 9.17) is 11.6 Å². The van der Waals surface area contributed by atoms with E-state index in [-0.39, 0.29) is 42.5 Å². The molecule has 0 aliphatic carbocycles. The fraction of sp³-hybridized carbons (Fsp3) is 0.579. The molecule has 0 heterocycles. The maximum absolute atomic E-state index is 13.2. The van der Waals surface area contributed by atoms with Crippen LogP contribution in [-0.4, -0.2) is 46.2 Å². The van der Waals surface area contributed by atoms with Gasteiger partial charge >= 0.3 is 6.03 Å². The van der Waals surface area contributed by atoms with Crippen molar-refractivity contribution in [3.05, 3.63) is 34.6 Å². The predicted octanol–water partition coefficient (Wildman–Crippen LogP) is 3.06. The molecule has 0 aliphatic heterocycles. The summed E-state index contributed by atoms with van der Waals surface area (Å²) >= 11 is 6.00. The summed E-state index contributed by atoms with van der Waals surface area (Å²) in [4.78, 5) is 25.7. The summed E-state index contributed by atoms with van der Waals surface area (Å²) in [5.74, 6) is -0.655. The average molecular weight is 402 g/mol. The molecule has 3 N–H and O–H groups in total. The first-order valence-electron chi connectivity index (χ1n) is 8.87. The second-order valence-corrected chi connectivity index (χ2v) is 7.91. The molecule has 1 unspecified atom stereocenters. The van der Waals surface area contributed by atoms with Crippen molar-refractivity contribution < 1.29 is 19.1 Å². The molecule has 0 aromatic heterocycles. The summed E-state index contributed by atoms with van der Waals surface area (Å²) in [6, 6.07) is 3.05. The van der Waals surface area contributed by atoms with Gasteiger partial charge in [0.15, 0.2) is 0 Å². The molecule has 27 heavy (non-hydrogen) atoms. The highest BCUT2D eigenvalue weighted by Gasteiger charge is 2.31. The molecule has 0 fully saturated rings. The molecular weight excluding hydrogens is 373 g/mol. The Hall–Kier alpha value is -1.86. The van der Waals surface area contributed by atoms with E-state index in [0.29, 0.717) is 5.56 Å². The first kappa shape index (κ1) is 23.2. The first-order valence-corrected chi connectivity index (χ1v) is 9.25. The summed E-state index contributed by atoms with van der Waals surface area (Å²) in [6.07, 6.45) is 0.288. The number of aliphatic hydroxyl groups is 1. The number of benzene rings is 1. The van der Waals surface area contributed by atoms with E-state index in [0.717, 1.165) is 0 Å². The molecule has 0 aliphatic rings. The van der Waals surface area contributed by atoms with E-state index in [2.05, 4.69) is 10.6 Å². The van der Waals surface area contributed by atoms with Gasteiger partial charge < -0.3 is 20.6 Å². The van der Waals surface area contributed by atoms with Crippen LogP contribution in [0.5, 0.6) is 0 Å². The van der Waals surface area contributed by atoms with Crippen LogP contribution in [0.4, 0.5) is 9.18 Å². The second kappa shape index (κ2) is 9.90. The zero-order valence-electron chi connectivity index (χ0n) is 16.5. The van der Waals surface area contributed by atoms with E-state index in [1.54, 1.807) is 18.7 Å². The van der Waals surface area contributed by atoms with Crippen molar-refractivity contribution >= 4 is 23.5 Å². The van der Waals surface area contributed by atoms with Crippen molar-refractivity contribution in [1.82, 2.24) is 15.5 Å². The van der Waals surface area contributed by atoms with Gasteiger partial charge in [0, 0.05) is 31.1 Å². The van der Waals surface area contributed by atoms with Crippen LogP contribution in [0.15, 0.2) is 18.2 Å². The Labute approximate surface area is 165 Å². The zero-order chi connectivity index (χ0) is 20.8. The van der Waals surface area contributed by atoms with Gasteiger partial charge in [0.25, 0.3) is 0 Å². The van der Waals surface area contributed by atoms with Crippen LogP contribution in [0.25, 0.3) is 0 Å². The number of hydrogen-bond acceptors (Lipinski definition) is 3. The summed E-state index contributed by atoms with van der Waals surface area (Å²) in [5, 5.41) is 15.9. The number of halogens is 2. The lowest BCUT2D eigenvalue weighted by Crippen LogP contribution is -2.55. The Morgan fingerprint density at radius 1 is 1.30 bits per heavy atom. The van der Waals surface area contributed by atoms with E-state index in [1.807, 2.05) is 13.8 Å². The molecule has 0 bridgehead atoms. The van der Waals surface area contributed by atoms with Gasteiger partial charge in [-0.1, -0.05) is 17.7 Å². The first-order chi connectivity index (χ1) is 12.4. The standard InChI is InChI=1S/C19H29ClFN3O3/c1-12(2)24(16(9-19(4,5)27)11-22-13(3)25)18(26)23-10-14-6-7-15(21)8-17(14)20/h6-8,12,16,27H,9-11H2,1-5H3,(H,22,25)(H,23,26). The van der Waals surface area contributed by atoms with Crippen LogP contribution in [0.1, 0.15) is 46.6 Å². The SMILES string of the molecule is CC(=O)NCC(CC(C)(C)O)N(C(=O)NCc1ccc(F)cc1Cl)C(C)C. The number of carbonyl (C=O) groups excluding carboxylic acids is 2. The highest BCUT2D eigenvalue weighted by molar-refractivity contribution is 6.31. The van der Waals surface area contributed by atoms with Crippen LogP contribution in [0, 0.1) is 5.82 Å². The van der Waals surface area contributed by atoms with Gasteiger partial charge in [-0.2, -0.15) is 0 Å². The Kier molecular flexibility index (Phi) is 8.50. The number of urea groups is 1. The highest BCUT2D eigenvalue weighted by atomic mass is 35.5. The summed E-state index contributed by atoms with van der Waals surface area (Å²) in [7, 11) is 0. The lowest BCUT2D eigenvalue weighted by Gasteiger charge is -2.38. The van der Waals surface area contributed by atoms with Gasteiger partial charge in [-0.25, -0.2) is 9.18 Å². The third-order valence-corrected chi connectivity index (χ3v) is 4.30. The largest absolute Gasteiger partial charge is 0.390 e. The molecule has 0 spiro atoms. The van der Waals surface area contributed by atoms with Crippen molar-refractivity contribution in [2.45, 2.75) is 65.3 Å². The molecule has 0 radical (unpaired) electrons. The fourth-order valence-corrected chi connectivity index (χ4v) is 3.09. The van der Waals surface area contributed by atoms with Gasteiger partial charge in [0.1, 0.15) is 5.82 Å². The van der Waals surface area contributed by atoms with Gasteiger partial charge in [-0.3, -0.25) is 4.79 Å². The fourth-order valence-electron chi connectivity index (χ4n) is 2.86. The minimum absolute atomic E-state index is 0.135. The highest BCUT2D eigenvalue weighted by Crippen LogP contribution is 2.20. The molecule has 8 heteroatoms. The normalized spacial score (nSPS) is 12.6. The number of hydrogen-bond donors (Lipinski definition) is 3. The van der Waals surface area contributed by atoms with Gasteiger partial charge in [-0.05, 0) is 51.8 Å². The Morgan fingerprint density at radius 2 is 1.93 bits per heavy atom. The van der Waals surface area contributed by atoms with Crippen molar-refractivity contribution in [1.29, 1.82) is 0 Å². The van der Waals surface area contributed by atoms with Crippen molar-refractivity contribution in [2.24, 2.45) is 0 Å². The van der Waals surface area contributed by atoms with Crippen LogP contribution in [-0.2, 0) is 11.3 Å². The number of carbonyl (C=O) groups is 2. The van der Waals surface area contributed by atoms with Gasteiger partial charge in [0.2, 0.25) is 5.91 Å². The maximum Gasteiger partial charge on any atom is 0.318 e. The van der Waals surface area contributed by atoms with Crippen LogP contribution >= 0.6 is 11.6 Å². The van der Waals surface area contributed by atoms with Gasteiger partial charge in [0.05, 0.1) is 11.6 Å². The second-order valence-electron chi connectivity index (χ2n) is 7.50. The predicted molar refractivity (Wildman–Crippen MR) is 104 cm³/mol. The maximum atomic E-state index is 13.2. The lowest BCUT2D eigenvalue weighted by molar-refractivity contribution is -0.119. The molecular formula is C19H29ClFN3O3. The molecule has 3 amide bonds. The Bertz CT molecular complexity index is 662. The van der Waals surface area contributed by atoms with Crippen LogP contribution in [0.2, 0.25) is 5.02 Å². The Balaban J connectivity index is 2.93. The van der Waals surface area contributed by atoms with Crippen molar-refractivity contribution in [3.8, 4) is 0 Å². The summed E-state index contributed by atoms with van der Waals surface area (Å²) in [6.45, 7) is 8.78. The Morgan fingerprint density at radius 3 is 2.41 bits per heavy atom.